The number of carbonyl (C=O) groups is 1. The monoisotopic (exact) mass is 1350 g/mol. The summed E-state index contributed by atoms with van der Waals surface area (Å²) in [4.78, 5) is 10.5. The Morgan fingerprint density at radius 3 is 1.09 bits per heavy atom. The largest absolute Gasteiger partial charge is 1.00 e. The summed E-state index contributed by atoms with van der Waals surface area (Å²) in [6.45, 7) is 19.1. The normalized spacial score (nSPS) is 11.9. The molecule has 93 heavy (non-hydrogen) atoms. The molecule has 23 heteroatoms. The number of phenolic OH excluding ortho intramolecular Hbond substituents is 1. The van der Waals surface area contributed by atoms with Gasteiger partial charge < -0.3 is 20.1 Å². The molecule has 8 aromatic carbocycles. The van der Waals surface area contributed by atoms with Crippen LogP contribution in [-0.2, 0) is 9.50 Å². The Labute approximate surface area is 576 Å². The van der Waals surface area contributed by atoms with Crippen molar-refractivity contribution >= 4 is 40.2 Å². The summed E-state index contributed by atoms with van der Waals surface area (Å²) >= 11 is 0. The maximum atomic E-state index is 15.4. The molecule has 0 saturated heterocycles. The number of esters is 1. The predicted molar refractivity (Wildman–Crippen MR) is 332 cm³/mol. The van der Waals surface area contributed by atoms with Gasteiger partial charge in [0, 0.05) is 23.6 Å². The maximum absolute atomic E-state index is 15.4. The van der Waals surface area contributed by atoms with Crippen molar-refractivity contribution in [3.63, 3.8) is 0 Å². The van der Waals surface area contributed by atoms with Crippen LogP contribution < -0.4 is 60.9 Å². The number of ether oxygens (including phenoxy) is 2. The van der Waals surface area contributed by atoms with E-state index in [4.69, 9.17) is 19.3 Å². The van der Waals surface area contributed by atoms with Gasteiger partial charge in [0.2, 0.25) is 29.0 Å². The zero-order chi connectivity index (χ0) is 67.8. The van der Waals surface area contributed by atoms with Crippen molar-refractivity contribution in [2.75, 3.05) is 0 Å². The molecule has 0 radical (unpaired) electrons. The average Bonchev–Trinajstić information content (AvgIpc) is 0.796. The Morgan fingerprint density at radius 2 is 0.753 bits per heavy atom. The first kappa shape index (κ1) is 82.1. The smallest absolute Gasteiger partial charge is 0.870 e. The van der Waals surface area contributed by atoms with Crippen LogP contribution >= 0.6 is 9.12 Å². The number of hydrogen-bond donors (Lipinski definition) is 1. The molecule has 6 atom stereocenters. The van der Waals surface area contributed by atoms with E-state index in [1.54, 1.807) is 73.7 Å². The molecule has 8 rings (SSSR count). The van der Waals surface area contributed by atoms with Crippen LogP contribution in [0.25, 0.3) is 18.2 Å². The Balaban J connectivity index is 0.000000495. The number of halogens is 14. The van der Waals surface area contributed by atoms with Crippen LogP contribution in [0, 0.1) is 81.4 Å². The molecule has 0 aliphatic rings. The second kappa shape index (κ2) is 40.3. The number of aromatic hydroxyl groups is 1. The van der Waals surface area contributed by atoms with Gasteiger partial charge in [-0.1, -0.05) is 163 Å². The van der Waals surface area contributed by atoms with Crippen LogP contribution in [0.2, 0.25) is 0 Å². The first-order chi connectivity index (χ1) is 43.2. The van der Waals surface area contributed by atoms with E-state index in [-0.39, 0.29) is 80.9 Å². The fraction of sp³-hybridized carbons (Fsp3) is 0.214. The molecule has 0 fully saturated rings. The van der Waals surface area contributed by atoms with Crippen molar-refractivity contribution < 1.29 is 142 Å². The van der Waals surface area contributed by atoms with E-state index in [1.165, 1.54) is 44.2 Å². The molecule has 6 nitrogen and oxygen atoms in total. The molecular weight excluding hydrogens is 1280 g/mol. The Hall–Kier alpha value is -7.04. The van der Waals surface area contributed by atoms with Crippen LogP contribution in [0.1, 0.15) is 141 Å². The van der Waals surface area contributed by atoms with Gasteiger partial charge in [0.05, 0.1) is 0 Å². The minimum atomic E-state index is -2.36. The standard InChI is InChI=1S/C34H27F9O.C18H17F5.C10H10O2.C8H8O.BH2OP.K.H2O/c1-4-18-11-13-22(14-12-18)44-34-32(42)25(35)23(26(36)33(34)43)17(3)15-21(16-19(5-2)20-9-7-6-8-10-20)24-27(37)29(39)31(41)30(40)28(24)38;1-3-11(12-7-5-4-6-8-12)9-10(2)13-14(19)16(21)18(23)17(22)15(13)20;1-3-9-4-6-10(7-5-9)12-8(2)11;1-2-7-3-5-8(9)6-4-7;2-1-3;;/h4,6-14,17,19,21H,1,5,15-16H2,2-3H3;4-8,10-11H,3,9H2,1-2H3;3-7H,1H2,2H3;2-6,9H,1H2;3H2;;1H2/q;;;;;+1;/p-1. The van der Waals surface area contributed by atoms with E-state index in [2.05, 4.69) is 19.7 Å². The fourth-order valence-electron chi connectivity index (χ4n) is 9.72. The van der Waals surface area contributed by atoms with Crippen molar-refractivity contribution in [1.29, 1.82) is 0 Å². The minimum Gasteiger partial charge on any atom is -0.870 e. The summed E-state index contributed by atoms with van der Waals surface area (Å²) in [6, 6.07) is 37.5. The Bertz CT molecular complexity index is 3650. The first-order valence-corrected chi connectivity index (χ1v) is 28.8. The summed E-state index contributed by atoms with van der Waals surface area (Å²) in [5.41, 5.74) is 1.32. The molecule has 0 aromatic heterocycles. The summed E-state index contributed by atoms with van der Waals surface area (Å²) in [7, 11) is 1.90. The number of hydrogen-bond acceptors (Lipinski definition) is 6. The zero-order valence-electron chi connectivity index (χ0n) is 51.5. The van der Waals surface area contributed by atoms with Crippen molar-refractivity contribution in [3.8, 4) is 23.0 Å². The van der Waals surface area contributed by atoms with Gasteiger partial charge in [0.1, 0.15) is 17.2 Å². The number of phenols is 1. The molecule has 2 N–H and O–H groups in total. The molecule has 0 spiro atoms. The summed E-state index contributed by atoms with van der Waals surface area (Å²) in [6.07, 6.45) is 5.48. The Morgan fingerprint density at radius 1 is 0.462 bits per heavy atom. The van der Waals surface area contributed by atoms with E-state index in [0.717, 1.165) is 23.6 Å². The van der Waals surface area contributed by atoms with Crippen LogP contribution in [0.5, 0.6) is 23.0 Å². The van der Waals surface area contributed by atoms with Gasteiger partial charge in [0.15, 0.2) is 58.2 Å². The third-order valence-corrected chi connectivity index (χ3v) is 14.4. The van der Waals surface area contributed by atoms with Crippen LogP contribution in [0.4, 0.5) is 61.5 Å². The van der Waals surface area contributed by atoms with E-state index < -0.39 is 134 Å². The zero-order valence-corrected chi connectivity index (χ0v) is 55.7. The Kier molecular flexibility index (Phi) is 35.5. The van der Waals surface area contributed by atoms with E-state index >= 15 is 26.3 Å². The SMILES string of the molecule is C=Cc1ccc(O)cc1.C=Cc1ccc(OC(C)=O)cc1.C=Cc1ccc(Oc2c(F)c(F)c(C(C)CC(CC(CC)c3ccccc3)c3c(F)c(F)c(F)c(F)c3F)c(F)c2F)cc1.CCC(CC(C)c1c(F)c(F)c(F)c(F)c1F)c1ccccc1.O=BP.[K+].[OH-]. The number of rotatable bonds is 19. The third kappa shape index (κ3) is 22.6. The first-order valence-electron chi connectivity index (χ1n) is 28.1. The molecule has 0 bridgehead atoms. The summed E-state index contributed by atoms with van der Waals surface area (Å²) in [5, 5.41) is 8.82. The van der Waals surface area contributed by atoms with Crippen molar-refractivity contribution in [2.45, 2.75) is 96.3 Å². The van der Waals surface area contributed by atoms with Crippen LogP contribution in [-0.4, -0.2) is 23.4 Å². The van der Waals surface area contributed by atoms with Crippen molar-refractivity contribution in [2.24, 2.45) is 0 Å². The average molecular weight is 1350 g/mol. The topological polar surface area (TPSA) is 103 Å². The van der Waals surface area contributed by atoms with Gasteiger partial charge in [-0.25, -0.2) is 52.7 Å². The van der Waals surface area contributed by atoms with Gasteiger partial charge in [-0.3, -0.25) is 4.79 Å². The van der Waals surface area contributed by atoms with E-state index in [9.17, 15) is 39.9 Å². The second-order valence-electron chi connectivity index (χ2n) is 20.4. The van der Waals surface area contributed by atoms with E-state index in [1.807, 2.05) is 70.6 Å². The predicted octanol–water partition coefficient (Wildman–Crippen LogP) is 18.2. The van der Waals surface area contributed by atoms with Gasteiger partial charge >= 0.3 is 78.0 Å². The van der Waals surface area contributed by atoms with Crippen molar-refractivity contribution in [1.82, 2.24) is 0 Å². The van der Waals surface area contributed by atoms with Crippen LogP contribution in [0.15, 0.2) is 153 Å². The van der Waals surface area contributed by atoms with Gasteiger partial charge in [-0.2, -0.15) is 8.78 Å². The summed E-state index contributed by atoms with van der Waals surface area (Å²) < 4.78 is 220. The molecule has 0 amide bonds. The van der Waals surface area contributed by atoms with Crippen LogP contribution in [0.3, 0.4) is 0 Å². The molecule has 8 aromatic rings. The van der Waals surface area contributed by atoms with Gasteiger partial charge in [0.25, 0.3) is 0 Å². The summed E-state index contributed by atoms with van der Waals surface area (Å²) in [5.74, 6) is -32.9. The minimum absolute atomic E-state index is 0. The molecule has 488 valence electrons. The van der Waals surface area contributed by atoms with E-state index in [0.29, 0.717) is 48.8 Å². The van der Waals surface area contributed by atoms with Gasteiger partial charge in [-0.05, 0) is 126 Å². The number of benzene rings is 8. The third-order valence-electron chi connectivity index (χ3n) is 14.4. The second-order valence-corrected chi connectivity index (χ2v) is 20.6. The molecule has 0 aliphatic heterocycles. The molecule has 0 heterocycles. The molecule has 6 unspecified atom stereocenters. The van der Waals surface area contributed by atoms with Crippen molar-refractivity contribution in [3.05, 3.63) is 279 Å². The fourth-order valence-corrected chi connectivity index (χ4v) is 9.72. The maximum Gasteiger partial charge on any atom is 1.00 e. The quantitative estimate of drug-likeness (QED) is 0.0165. The number of carbonyl (C=O) groups excluding carboxylic acids is 1. The molecular formula is C70H65BF14KO6P. The molecule has 0 saturated carbocycles. The molecule has 0 aliphatic carbocycles. The van der Waals surface area contributed by atoms with Gasteiger partial charge in [-0.15, -0.1) is 0 Å².